The topological polar surface area (TPSA) is 113 Å². The Morgan fingerprint density at radius 2 is 1.93 bits per heavy atom. The molecule has 0 bridgehead atoms. The number of hydrogen-bond donors (Lipinski definition) is 2. The molecule has 3 aromatic rings. The highest BCUT2D eigenvalue weighted by atomic mass is 16.2. The summed E-state index contributed by atoms with van der Waals surface area (Å²) in [5, 5.41) is 5.75. The standard InChI is InChI=1S/C21H19N5O4/c27-18(8-9-25-13-23-17-7-2-1-6-16(17)20(25)29)24-15-5-3-4-14(10-15)12-26-19(28)11-22-21(26)30/h1-7,10,13H,8-9,11-12H2,(H,22,30)(H,24,27). The molecule has 1 aliphatic rings. The molecule has 4 rings (SSSR count). The predicted molar refractivity (Wildman–Crippen MR) is 110 cm³/mol. The number of aromatic nitrogens is 2. The van der Waals surface area contributed by atoms with Crippen molar-refractivity contribution in [3.8, 4) is 0 Å². The van der Waals surface area contributed by atoms with Crippen LogP contribution in [0, 0.1) is 0 Å². The van der Waals surface area contributed by atoms with Crippen LogP contribution in [-0.2, 0) is 22.7 Å². The molecule has 30 heavy (non-hydrogen) atoms. The maximum absolute atomic E-state index is 12.5. The molecule has 1 saturated heterocycles. The molecule has 4 amide bonds. The van der Waals surface area contributed by atoms with Crippen molar-refractivity contribution < 1.29 is 14.4 Å². The Balaban J connectivity index is 1.39. The monoisotopic (exact) mass is 405 g/mol. The van der Waals surface area contributed by atoms with E-state index in [9.17, 15) is 19.2 Å². The fourth-order valence-electron chi connectivity index (χ4n) is 3.26. The summed E-state index contributed by atoms with van der Waals surface area (Å²) < 4.78 is 1.41. The van der Waals surface area contributed by atoms with Gasteiger partial charge in [0.15, 0.2) is 0 Å². The Morgan fingerprint density at radius 3 is 2.73 bits per heavy atom. The lowest BCUT2D eigenvalue weighted by molar-refractivity contribution is -0.125. The summed E-state index contributed by atoms with van der Waals surface area (Å²) in [6.45, 7) is 0.329. The van der Waals surface area contributed by atoms with Crippen LogP contribution < -0.4 is 16.2 Å². The van der Waals surface area contributed by atoms with E-state index < -0.39 is 6.03 Å². The van der Waals surface area contributed by atoms with Crippen LogP contribution >= 0.6 is 0 Å². The molecule has 9 nitrogen and oxygen atoms in total. The zero-order chi connectivity index (χ0) is 21.1. The van der Waals surface area contributed by atoms with Gasteiger partial charge in [-0.2, -0.15) is 0 Å². The summed E-state index contributed by atoms with van der Waals surface area (Å²) in [5.41, 5.74) is 1.69. The lowest BCUT2D eigenvalue weighted by Gasteiger charge is -2.13. The first-order valence-corrected chi connectivity index (χ1v) is 9.42. The minimum Gasteiger partial charge on any atom is -0.329 e. The predicted octanol–water partition coefficient (Wildman–Crippen LogP) is 1.48. The first kappa shape index (κ1) is 19.3. The molecule has 2 aromatic carbocycles. The van der Waals surface area contributed by atoms with Gasteiger partial charge in [0.25, 0.3) is 5.56 Å². The van der Waals surface area contributed by atoms with Gasteiger partial charge >= 0.3 is 6.03 Å². The van der Waals surface area contributed by atoms with Gasteiger partial charge in [-0.15, -0.1) is 0 Å². The summed E-state index contributed by atoms with van der Waals surface area (Å²) in [6.07, 6.45) is 1.54. The molecular formula is C21H19N5O4. The molecule has 0 atom stereocenters. The Kier molecular flexibility index (Phi) is 5.25. The second-order valence-electron chi connectivity index (χ2n) is 6.90. The minimum absolute atomic E-state index is 0.00173. The number of rotatable bonds is 6. The second kappa shape index (κ2) is 8.16. The van der Waals surface area contributed by atoms with E-state index in [0.29, 0.717) is 22.2 Å². The van der Waals surface area contributed by atoms with Crippen LogP contribution in [0.3, 0.4) is 0 Å². The van der Waals surface area contributed by atoms with Gasteiger partial charge in [-0.3, -0.25) is 23.9 Å². The van der Waals surface area contributed by atoms with E-state index in [0.717, 1.165) is 4.90 Å². The molecule has 0 unspecified atom stereocenters. The van der Waals surface area contributed by atoms with E-state index in [-0.39, 0.29) is 43.4 Å². The van der Waals surface area contributed by atoms with Gasteiger partial charge in [0.1, 0.15) is 0 Å². The van der Waals surface area contributed by atoms with Crippen LogP contribution in [0.4, 0.5) is 10.5 Å². The van der Waals surface area contributed by atoms with Gasteiger partial charge in [0.05, 0.1) is 30.3 Å². The molecule has 2 N–H and O–H groups in total. The quantitative estimate of drug-likeness (QED) is 0.603. The molecule has 152 valence electrons. The lowest BCUT2D eigenvalue weighted by Crippen LogP contribution is -2.30. The number of fused-ring (bicyclic) bond motifs is 1. The number of urea groups is 1. The number of aryl methyl sites for hydroxylation is 1. The summed E-state index contributed by atoms with van der Waals surface area (Å²) >= 11 is 0. The van der Waals surface area contributed by atoms with Gasteiger partial charge < -0.3 is 10.6 Å². The highest BCUT2D eigenvalue weighted by Crippen LogP contribution is 2.15. The zero-order valence-corrected chi connectivity index (χ0v) is 16.0. The van der Waals surface area contributed by atoms with Crippen molar-refractivity contribution in [2.24, 2.45) is 0 Å². The maximum Gasteiger partial charge on any atom is 0.324 e. The average molecular weight is 405 g/mol. The number of carbonyl (C=O) groups excluding carboxylic acids is 3. The Bertz CT molecular complexity index is 1190. The van der Waals surface area contributed by atoms with Crippen LogP contribution in [0.2, 0.25) is 0 Å². The molecule has 9 heteroatoms. The fraction of sp³-hybridized carbons (Fsp3) is 0.190. The average Bonchev–Trinajstić information content (AvgIpc) is 3.06. The third-order valence-electron chi connectivity index (χ3n) is 4.80. The lowest BCUT2D eigenvalue weighted by atomic mass is 10.2. The van der Waals surface area contributed by atoms with Crippen molar-refractivity contribution in [3.05, 3.63) is 70.8 Å². The molecular weight excluding hydrogens is 386 g/mol. The van der Waals surface area contributed by atoms with Crippen molar-refractivity contribution in [1.29, 1.82) is 0 Å². The fourth-order valence-corrected chi connectivity index (χ4v) is 3.26. The minimum atomic E-state index is -0.427. The first-order chi connectivity index (χ1) is 14.5. The number of nitrogens with zero attached hydrogens (tertiary/aromatic N) is 3. The number of imide groups is 1. The zero-order valence-electron chi connectivity index (χ0n) is 16.0. The summed E-state index contributed by atoms with van der Waals surface area (Å²) in [7, 11) is 0. The van der Waals surface area contributed by atoms with Crippen LogP contribution in [0.1, 0.15) is 12.0 Å². The molecule has 1 aliphatic heterocycles. The largest absolute Gasteiger partial charge is 0.329 e. The Morgan fingerprint density at radius 1 is 1.10 bits per heavy atom. The number of anilines is 1. The van der Waals surface area contributed by atoms with E-state index in [1.807, 2.05) is 6.07 Å². The molecule has 1 fully saturated rings. The summed E-state index contributed by atoms with van der Waals surface area (Å²) in [4.78, 5) is 53.6. The van der Waals surface area contributed by atoms with Crippen molar-refractivity contribution in [1.82, 2.24) is 19.8 Å². The van der Waals surface area contributed by atoms with Crippen LogP contribution in [-0.4, -0.2) is 38.8 Å². The van der Waals surface area contributed by atoms with E-state index in [4.69, 9.17) is 0 Å². The number of amides is 4. The summed E-state index contributed by atoms with van der Waals surface area (Å²) in [6, 6.07) is 13.6. The van der Waals surface area contributed by atoms with Gasteiger partial charge in [-0.1, -0.05) is 24.3 Å². The van der Waals surface area contributed by atoms with Gasteiger partial charge in [0, 0.05) is 18.7 Å². The Labute approximate surface area is 171 Å². The van der Waals surface area contributed by atoms with Crippen molar-refractivity contribution in [2.45, 2.75) is 19.5 Å². The SMILES string of the molecule is O=C(CCn1cnc2ccccc2c1=O)Nc1cccc(CN2C(=O)CNC2=O)c1. The van der Waals surface area contributed by atoms with E-state index in [1.165, 1.54) is 10.9 Å². The van der Waals surface area contributed by atoms with E-state index >= 15 is 0 Å². The number of hydrogen-bond acceptors (Lipinski definition) is 5. The smallest absolute Gasteiger partial charge is 0.324 e. The van der Waals surface area contributed by atoms with Crippen molar-refractivity contribution >= 4 is 34.4 Å². The number of para-hydroxylation sites is 1. The van der Waals surface area contributed by atoms with Gasteiger partial charge in [-0.05, 0) is 29.8 Å². The van der Waals surface area contributed by atoms with Crippen LogP contribution in [0.15, 0.2) is 59.7 Å². The molecule has 1 aromatic heterocycles. The normalized spacial score (nSPS) is 13.5. The van der Waals surface area contributed by atoms with Gasteiger partial charge in [0.2, 0.25) is 11.8 Å². The maximum atomic E-state index is 12.5. The molecule has 0 saturated carbocycles. The molecule has 0 spiro atoms. The number of nitrogens with one attached hydrogen (secondary N) is 2. The van der Waals surface area contributed by atoms with Crippen molar-refractivity contribution in [3.63, 3.8) is 0 Å². The number of carbonyl (C=O) groups is 3. The highest BCUT2D eigenvalue weighted by molar-refractivity contribution is 6.01. The second-order valence-corrected chi connectivity index (χ2v) is 6.90. The van der Waals surface area contributed by atoms with Crippen LogP contribution in [0.25, 0.3) is 10.9 Å². The van der Waals surface area contributed by atoms with Crippen LogP contribution in [0.5, 0.6) is 0 Å². The van der Waals surface area contributed by atoms with Gasteiger partial charge in [-0.25, -0.2) is 9.78 Å². The molecule has 0 aliphatic carbocycles. The molecule has 0 radical (unpaired) electrons. The first-order valence-electron chi connectivity index (χ1n) is 9.42. The third-order valence-corrected chi connectivity index (χ3v) is 4.80. The Hall–Kier alpha value is -4.01. The third kappa shape index (κ3) is 4.04. The van der Waals surface area contributed by atoms with E-state index in [1.54, 1.807) is 42.5 Å². The highest BCUT2D eigenvalue weighted by Gasteiger charge is 2.28. The number of benzene rings is 2. The van der Waals surface area contributed by atoms with Crippen molar-refractivity contribution in [2.75, 3.05) is 11.9 Å². The summed E-state index contributed by atoms with van der Waals surface area (Å²) in [5.74, 6) is -0.550. The molecule has 2 heterocycles. The van der Waals surface area contributed by atoms with E-state index in [2.05, 4.69) is 15.6 Å².